The summed E-state index contributed by atoms with van der Waals surface area (Å²) in [6.07, 6.45) is 0. The molecule has 0 fully saturated rings. The minimum absolute atomic E-state index is 0.406. The molecule has 1 amide bonds. The molecule has 0 saturated carbocycles. The van der Waals surface area contributed by atoms with Crippen molar-refractivity contribution in [1.82, 2.24) is 5.32 Å². The van der Waals surface area contributed by atoms with E-state index in [4.69, 9.17) is 8.22 Å². The van der Waals surface area contributed by atoms with Gasteiger partial charge in [-0.3, -0.25) is 4.79 Å². The highest BCUT2D eigenvalue weighted by Gasteiger charge is 2.19. The fourth-order valence-electron chi connectivity index (χ4n) is 0.565. The second kappa shape index (κ2) is 5.54. The molecule has 1 N–H and O–H groups in total. The van der Waals surface area contributed by atoms with Crippen LogP contribution in [0, 0.1) is 0 Å². The molecule has 5 nitrogen and oxygen atoms in total. The van der Waals surface area contributed by atoms with Crippen LogP contribution >= 0.6 is 0 Å². The number of carbonyl (C=O) groups is 2. The van der Waals surface area contributed by atoms with Gasteiger partial charge in [0.2, 0.25) is 5.91 Å². The number of ether oxygens (including phenoxy) is 2. The molecule has 0 spiro atoms. The van der Waals surface area contributed by atoms with Crippen LogP contribution < -0.4 is 5.32 Å². The number of carbonyl (C=O) groups excluding carboxylic acids is 2. The van der Waals surface area contributed by atoms with Crippen molar-refractivity contribution >= 4 is 11.9 Å². The fourth-order valence-corrected chi connectivity index (χ4v) is 0.565. The number of hydrogen-bond donors (Lipinski definition) is 1. The van der Waals surface area contributed by atoms with E-state index < -0.39 is 38.4 Å². The van der Waals surface area contributed by atoms with Crippen LogP contribution in [0.5, 0.6) is 0 Å². The van der Waals surface area contributed by atoms with E-state index in [9.17, 15) is 9.59 Å². The van der Waals surface area contributed by atoms with Crippen LogP contribution in [0.4, 0.5) is 0 Å². The first-order valence-corrected chi connectivity index (χ1v) is 3.00. The third kappa shape index (κ3) is 3.92. The summed E-state index contributed by atoms with van der Waals surface area (Å²) in [5.41, 5.74) is 0. The van der Waals surface area contributed by atoms with Crippen molar-refractivity contribution in [2.45, 2.75) is 12.9 Å². The van der Waals surface area contributed by atoms with Gasteiger partial charge in [-0.05, 0) is 0 Å². The minimum Gasteiger partial charge on any atom is -0.467 e. The van der Waals surface area contributed by atoms with Crippen molar-refractivity contribution in [2.75, 3.05) is 20.8 Å². The summed E-state index contributed by atoms with van der Waals surface area (Å²) in [7, 11) is -1.79. The summed E-state index contributed by atoms with van der Waals surface area (Å²) in [5.74, 6) is -2.69. The van der Waals surface area contributed by atoms with Gasteiger partial charge in [0.25, 0.3) is 0 Å². The average molecular weight is 181 g/mol. The smallest absolute Gasteiger partial charge is 0.330 e. The van der Waals surface area contributed by atoms with E-state index in [0.717, 1.165) is 0 Å². The van der Waals surface area contributed by atoms with Crippen LogP contribution in [0.2, 0.25) is 0 Å². The number of esters is 1. The number of methoxy groups -OCH3 is 2. The predicted molar refractivity (Wildman–Crippen MR) is 41.5 cm³/mol. The zero-order valence-electron chi connectivity index (χ0n) is 12.4. The van der Waals surface area contributed by atoms with E-state index in [1.54, 1.807) is 0 Å². The molecule has 0 heterocycles. The molecule has 0 aliphatic rings. The maximum absolute atomic E-state index is 11.4. The topological polar surface area (TPSA) is 64.6 Å². The SMILES string of the molecule is [2H]C([2H])([2H])OC(=O)[C@@H](COC)NC(=O)C([2H])([2H])[2H]. The molecule has 1 atom stereocenters. The molecule has 12 heavy (non-hydrogen) atoms. The van der Waals surface area contributed by atoms with E-state index in [0.29, 0.717) is 0 Å². The lowest BCUT2D eigenvalue weighted by Crippen LogP contribution is -2.43. The monoisotopic (exact) mass is 181 g/mol. The van der Waals surface area contributed by atoms with E-state index in [1.165, 1.54) is 7.11 Å². The molecule has 0 saturated heterocycles. The first-order valence-electron chi connectivity index (χ1n) is 6.00. The molecule has 0 aromatic rings. The van der Waals surface area contributed by atoms with Gasteiger partial charge in [-0.25, -0.2) is 4.79 Å². The van der Waals surface area contributed by atoms with Crippen LogP contribution in [0.3, 0.4) is 0 Å². The van der Waals surface area contributed by atoms with Gasteiger partial charge in [0.15, 0.2) is 6.04 Å². The number of hydrogen-bond acceptors (Lipinski definition) is 4. The lowest BCUT2D eigenvalue weighted by Gasteiger charge is -2.13. The van der Waals surface area contributed by atoms with Crippen molar-refractivity contribution in [3.05, 3.63) is 0 Å². The Labute approximate surface area is 79.5 Å². The number of nitrogens with one attached hydrogen (secondary N) is 1. The molecule has 0 rings (SSSR count). The van der Waals surface area contributed by atoms with E-state index in [-0.39, 0.29) is 0 Å². The molecular weight excluding hydrogens is 162 g/mol. The summed E-state index contributed by atoms with van der Waals surface area (Å²) in [6.45, 7) is -3.36. The predicted octanol–water partition coefficient (Wildman–Crippen LogP) is -0.690. The highest BCUT2D eigenvalue weighted by molar-refractivity contribution is 5.83. The first-order chi connectivity index (χ1) is 7.97. The Bertz CT molecular complexity index is 312. The Morgan fingerprint density at radius 1 is 1.67 bits per heavy atom. The Hall–Kier alpha value is -1.10. The molecule has 0 bridgehead atoms. The standard InChI is InChI=1S/C7H13NO4/c1-5(9)8-6(4-11-2)7(10)12-3/h6H,4H2,1-3H3,(H,8,9)/t6-/m1/s1/i1D3,3D3. The van der Waals surface area contributed by atoms with Gasteiger partial charge in [-0.2, -0.15) is 0 Å². The summed E-state index contributed by atoms with van der Waals surface area (Å²) in [6, 6.07) is -1.50. The van der Waals surface area contributed by atoms with Gasteiger partial charge in [0.1, 0.15) is 0 Å². The maximum Gasteiger partial charge on any atom is 0.330 e. The van der Waals surface area contributed by atoms with Crippen molar-refractivity contribution in [1.29, 1.82) is 0 Å². The zero-order valence-corrected chi connectivity index (χ0v) is 6.42. The van der Waals surface area contributed by atoms with Crippen molar-refractivity contribution in [3.8, 4) is 0 Å². The summed E-state index contributed by atoms with van der Waals surface area (Å²) < 4.78 is 49.2. The quantitative estimate of drug-likeness (QED) is 0.583. The average Bonchev–Trinajstić information content (AvgIpc) is 2.12. The van der Waals surface area contributed by atoms with Gasteiger partial charge in [-0.1, -0.05) is 0 Å². The van der Waals surface area contributed by atoms with Crippen LogP contribution in [-0.4, -0.2) is 38.7 Å². The second-order valence-electron chi connectivity index (χ2n) is 1.90. The molecular formula is C7H13NO4. The summed E-state index contributed by atoms with van der Waals surface area (Å²) >= 11 is 0. The van der Waals surface area contributed by atoms with E-state index in [1.807, 2.05) is 5.32 Å². The van der Waals surface area contributed by atoms with Crippen LogP contribution in [-0.2, 0) is 19.1 Å². The first kappa shape index (κ1) is 4.23. The fraction of sp³-hybridized carbons (Fsp3) is 0.714. The Morgan fingerprint density at radius 2 is 2.42 bits per heavy atom. The van der Waals surface area contributed by atoms with Crippen molar-refractivity contribution < 1.29 is 27.3 Å². The highest BCUT2D eigenvalue weighted by atomic mass is 16.5. The molecule has 5 heteroatoms. The third-order valence-electron chi connectivity index (χ3n) is 1.02. The van der Waals surface area contributed by atoms with E-state index in [2.05, 4.69) is 9.47 Å². The largest absolute Gasteiger partial charge is 0.467 e. The Balaban J connectivity index is 4.67. The van der Waals surface area contributed by atoms with Gasteiger partial charge in [0, 0.05) is 18.1 Å². The summed E-state index contributed by atoms with van der Waals surface area (Å²) in [5, 5.41) is 1.83. The van der Waals surface area contributed by atoms with Crippen LogP contribution in [0.1, 0.15) is 15.1 Å². The van der Waals surface area contributed by atoms with Crippen molar-refractivity contribution in [2.24, 2.45) is 0 Å². The normalized spacial score (nSPS) is 21.4. The van der Waals surface area contributed by atoms with Crippen LogP contribution in [0.25, 0.3) is 0 Å². The molecule has 0 aliphatic carbocycles. The lowest BCUT2D eigenvalue weighted by molar-refractivity contribution is -0.146. The lowest BCUT2D eigenvalue weighted by atomic mass is 10.3. The van der Waals surface area contributed by atoms with Gasteiger partial charge in [0.05, 0.1) is 17.8 Å². The number of rotatable bonds is 4. The van der Waals surface area contributed by atoms with E-state index >= 15 is 0 Å². The van der Waals surface area contributed by atoms with Gasteiger partial charge >= 0.3 is 5.97 Å². The number of amides is 1. The summed E-state index contributed by atoms with van der Waals surface area (Å²) in [4.78, 5) is 22.5. The Morgan fingerprint density at radius 3 is 2.92 bits per heavy atom. The molecule has 0 aromatic heterocycles. The van der Waals surface area contributed by atoms with Crippen LogP contribution in [0.15, 0.2) is 0 Å². The molecule has 0 aromatic carbocycles. The minimum atomic E-state index is -2.98. The molecule has 0 radical (unpaired) electrons. The zero-order chi connectivity index (χ0) is 14.6. The third-order valence-corrected chi connectivity index (χ3v) is 1.02. The molecule has 70 valence electrons. The maximum atomic E-state index is 11.4. The molecule has 0 aliphatic heterocycles. The highest BCUT2D eigenvalue weighted by Crippen LogP contribution is 1.88. The second-order valence-corrected chi connectivity index (χ2v) is 1.90. The van der Waals surface area contributed by atoms with Gasteiger partial charge in [-0.15, -0.1) is 0 Å². The molecule has 0 unspecified atom stereocenters. The van der Waals surface area contributed by atoms with Gasteiger partial charge < -0.3 is 14.8 Å². The van der Waals surface area contributed by atoms with Crippen molar-refractivity contribution in [3.63, 3.8) is 0 Å². The Kier molecular flexibility index (Phi) is 1.95.